The summed E-state index contributed by atoms with van der Waals surface area (Å²) in [6, 6.07) is 5.82. The molecule has 2 aliphatic rings. The quantitative estimate of drug-likeness (QED) is 0.766. The van der Waals surface area contributed by atoms with Gasteiger partial charge in [-0.15, -0.1) is 0 Å². The fourth-order valence-corrected chi connectivity index (χ4v) is 3.04. The SMILES string of the molecule is O=C(COc1ccccc1F)N1CCN(C(=O)C2COCCO2)CC(O)C1. The molecule has 2 heterocycles. The van der Waals surface area contributed by atoms with Crippen molar-refractivity contribution in [3.05, 3.63) is 30.1 Å². The van der Waals surface area contributed by atoms with Crippen LogP contribution in [0, 0.1) is 5.82 Å². The molecular weight excluding hydrogens is 359 g/mol. The molecule has 2 amide bonds. The fraction of sp³-hybridized carbons (Fsp3) is 0.556. The first kappa shape index (κ1) is 19.5. The maximum Gasteiger partial charge on any atom is 0.260 e. The third-order valence-electron chi connectivity index (χ3n) is 4.45. The molecule has 1 aromatic carbocycles. The number of carbonyl (C=O) groups excluding carboxylic acids is 2. The molecular formula is C18H23FN2O6. The Balaban J connectivity index is 1.54. The maximum atomic E-state index is 13.6. The standard InChI is InChI=1S/C18H23FN2O6/c19-14-3-1-2-4-15(14)27-12-17(23)20-5-6-21(10-13(22)9-20)18(24)16-11-25-7-8-26-16/h1-4,13,16,22H,5-12H2. The van der Waals surface area contributed by atoms with E-state index in [2.05, 4.69) is 0 Å². The van der Waals surface area contributed by atoms with Gasteiger partial charge in [0.15, 0.2) is 24.3 Å². The molecule has 0 aliphatic carbocycles. The monoisotopic (exact) mass is 382 g/mol. The number of aliphatic hydroxyl groups is 1. The molecule has 8 nitrogen and oxygen atoms in total. The topological polar surface area (TPSA) is 88.5 Å². The van der Waals surface area contributed by atoms with E-state index >= 15 is 0 Å². The Kier molecular flexibility index (Phi) is 6.59. The minimum atomic E-state index is -0.890. The number of nitrogens with zero attached hydrogens (tertiary/aromatic N) is 2. The number of amides is 2. The second-order valence-corrected chi connectivity index (χ2v) is 6.43. The van der Waals surface area contributed by atoms with Crippen LogP contribution in [0.15, 0.2) is 24.3 Å². The Morgan fingerprint density at radius 2 is 1.93 bits per heavy atom. The second kappa shape index (κ2) is 9.12. The van der Waals surface area contributed by atoms with Crippen LogP contribution in [0.25, 0.3) is 0 Å². The number of carbonyl (C=O) groups is 2. The Hall–Kier alpha value is -2.23. The molecule has 0 aromatic heterocycles. The number of benzene rings is 1. The lowest BCUT2D eigenvalue weighted by Crippen LogP contribution is -2.48. The summed E-state index contributed by atoms with van der Waals surface area (Å²) < 4.78 is 29.5. The summed E-state index contributed by atoms with van der Waals surface area (Å²) in [5.41, 5.74) is 0. The number of β-amino-alcohol motifs (C(OH)–C–C–N with tert-alkyl or cyclic N) is 1. The van der Waals surface area contributed by atoms with Crippen LogP contribution < -0.4 is 4.74 Å². The zero-order valence-electron chi connectivity index (χ0n) is 14.9. The number of halogens is 1. The number of hydrogen-bond donors (Lipinski definition) is 1. The van der Waals surface area contributed by atoms with E-state index in [1.54, 1.807) is 6.07 Å². The summed E-state index contributed by atoms with van der Waals surface area (Å²) in [5, 5.41) is 10.2. The Morgan fingerprint density at radius 3 is 2.67 bits per heavy atom. The number of ether oxygens (including phenoxy) is 3. The smallest absolute Gasteiger partial charge is 0.260 e. The molecule has 2 aliphatic heterocycles. The molecule has 2 unspecified atom stereocenters. The van der Waals surface area contributed by atoms with Gasteiger partial charge in [-0.1, -0.05) is 12.1 Å². The van der Waals surface area contributed by atoms with Crippen molar-refractivity contribution in [2.75, 3.05) is 52.6 Å². The van der Waals surface area contributed by atoms with Crippen LogP contribution in [0.1, 0.15) is 0 Å². The van der Waals surface area contributed by atoms with Crippen molar-refractivity contribution in [1.29, 1.82) is 0 Å². The van der Waals surface area contributed by atoms with Crippen molar-refractivity contribution in [2.45, 2.75) is 12.2 Å². The maximum absolute atomic E-state index is 13.6. The highest BCUT2D eigenvalue weighted by atomic mass is 19.1. The minimum Gasteiger partial charge on any atom is -0.481 e. The Bertz CT molecular complexity index is 667. The molecule has 0 saturated carbocycles. The van der Waals surface area contributed by atoms with E-state index in [1.807, 2.05) is 0 Å². The van der Waals surface area contributed by atoms with Crippen LogP contribution in [-0.4, -0.2) is 91.5 Å². The summed E-state index contributed by atoms with van der Waals surface area (Å²) in [5.74, 6) is -1.20. The van der Waals surface area contributed by atoms with Gasteiger partial charge in [0.25, 0.3) is 11.8 Å². The van der Waals surface area contributed by atoms with E-state index in [9.17, 15) is 19.1 Å². The summed E-state index contributed by atoms with van der Waals surface area (Å²) in [4.78, 5) is 27.8. The molecule has 3 rings (SSSR count). The van der Waals surface area contributed by atoms with Crippen molar-refractivity contribution < 1.29 is 33.3 Å². The van der Waals surface area contributed by atoms with Crippen molar-refractivity contribution in [2.24, 2.45) is 0 Å². The first-order chi connectivity index (χ1) is 13.0. The molecule has 2 saturated heterocycles. The third kappa shape index (κ3) is 5.15. The van der Waals surface area contributed by atoms with E-state index in [-0.39, 0.29) is 57.0 Å². The first-order valence-corrected chi connectivity index (χ1v) is 8.86. The molecule has 9 heteroatoms. The lowest BCUT2D eigenvalue weighted by Gasteiger charge is -2.29. The van der Waals surface area contributed by atoms with Crippen LogP contribution in [0.2, 0.25) is 0 Å². The van der Waals surface area contributed by atoms with Gasteiger partial charge in [-0.3, -0.25) is 9.59 Å². The third-order valence-corrected chi connectivity index (χ3v) is 4.45. The minimum absolute atomic E-state index is 0.00697. The van der Waals surface area contributed by atoms with Crippen LogP contribution in [0.3, 0.4) is 0 Å². The summed E-state index contributed by atoms with van der Waals surface area (Å²) in [7, 11) is 0. The molecule has 1 aromatic rings. The van der Waals surface area contributed by atoms with E-state index in [0.29, 0.717) is 13.2 Å². The Morgan fingerprint density at radius 1 is 1.19 bits per heavy atom. The van der Waals surface area contributed by atoms with E-state index in [1.165, 1.54) is 28.0 Å². The van der Waals surface area contributed by atoms with Gasteiger partial charge in [0.1, 0.15) is 0 Å². The molecule has 2 atom stereocenters. The lowest BCUT2D eigenvalue weighted by molar-refractivity contribution is -0.158. The van der Waals surface area contributed by atoms with Gasteiger partial charge in [-0.05, 0) is 12.1 Å². The van der Waals surface area contributed by atoms with Crippen molar-refractivity contribution in [3.63, 3.8) is 0 Å². The van der Waals surface area contributed by atoms with Gasteiger partial charge in [0.05, 0.1) is 25.9 Å². The molecule has 0 bridgehead atoms. The van der Waals surface area contributed by atoms with Crippen LogP contribution in [0.5, 0.6) is 5.75 Å². The average molecular weight is 382 g/mol. The Labute approximate surface area is 156 Å². The van der Waals surface area contributed by atoms with Gasteiger partial charge >= 0.3 is 0 Å². The average Bonchev–Trinajstić information content (AvgIpc) is 2.89. The van der Waals surface area contributed by atoms with Gasteiger partial charge in [-0.25, -0.2) is 4.39 Å². The zero-order chi connectivity index (χ0) is 19.2. The van der Waals surface area contributed by atoms with Crippen LogP contribution >= 0.6 is 0 Å². The van der Waals surface area contributed by atoms with Crippen molar-refractivity contribution >= 4 is 11.8 Å². The first-order valence-electron chi connectivity index (χ1n) is 8.86. The summed E-state index contributed by atoms with van der Waals surface area (Å²) in [6.45, 7) is 1.34. The molecule has 27 heavy (non-hydrogen) atoms. The fourth-order valence-electron chi connectivity index (χ4n) is 3.04. The van der Waals surface area contributed by atoms with Gasteiger partial charge < -0.3 is 29.1 Å². The number of para-hydroxylation sites is 1. The highest BCUT2D eigenvalue weighted by Crippen LogP contribution is 2.16. The number of rotatable bonds is 4. The number of hydrogen-bond acceptors (Lipinski definition) is 6. The van der Waals surface area contributed by atoms with E-state index in [0.717, 1.165) is 0 Å². The van der Waals surface area contributed by atoms with E-state index in [4.69, 9.17) is 14.2 Å². The lowest BCUT2D eigenvalue weighted by atomic mass is 10.2. The van der Waals surface area contributed by atoms with Gasteiger partial charge in [0.2, 0.25) is 0 Å². The van der Waals surface area contributed by atoms with Gasteiger partial charge in [0, 0.05) is 26.2 Å². The number of aliphatic hydroxyl groups excluding tert-OH is 1. The summed E-state index contributed by atoms with van der Waals surface area (Å²) >= 11 is 0. The predicted octanol–water partition coefficient (Wildman–Crippen LogP) is -0.348. The molecule has 0 spiro atoms. The molecule has 1 N–H and O–H groups in total. The van der Waals surface area contributed by atoms with E-state index < -0.39 is 18.0 Å². The molecule has 2 fully saturated rings. The molecule has 0 radical (unpaired) electrons. The van der Waals surface area contributed by atoms with Crippen molar-refractivity contribution in [3.8, 4) is 5.75 Å². The predicted molar refractivity (Wildman–Crippen MR) is 91.6 cm³/mol. The molecule has 148 valence electrons. The zero-order valence-corrected chi connectivity index (χ0v) is 14.9. The largest absolute Gasteiger partial charge is 0.481 e. The van der Waals surface area contributed by atoms with Crippen LogP contribution in [0.4, 0.5) is 4.39 Å². The highest BCUT2D eigenvalue weighted by Gasteiger charge is 2.32. The second-order valence-electron chi connectivity index (χ2n) is 6.43. The van der Waals surface area contributed by atoms with Crippen LogP contribution in [-0.2, 0) is 19.1 Å². The highest BCUT2D eigenvalue weighted by molar-refractivity contribution is 5.82. The summed E-state index contributed by atoms with van der Waals surface area (Å²) in [6.07, 6.45) is -1.57. The normalized spacial score (nSPS) is 23.6. The van der Waals surface area contributed by atoms with Crippen molar-refractivity contribution in [1.82, 2.24) is 9.80 Å². The van der Waals surface area contributed by atoms with Gasteiger partial charge in [-0.2, -0.15) is 0 Å².